The average molecular weight is 310 g/mol. The minimum Gasteiger partial charge on any atom is -0.497 e. The van der Waals surface area contributed by atoms with Crippen molar-refractivity contribution in [1.29, 1.82) is 0 Å². The zero-order chi connectivity index (χ0) is 15.4. The fourth-order valence-electron chi connectivity index (χ4n) is 2.23. The lowest BCUT2D eigenvalue weighted by Gasteiger charge is -2.22. The molecular weight excluding hydrogens is 293 g/mol. The van der Waals surface area contributed by atoms with Crippen molar-refractivity contribution in [2.24, 2.45) is 5.73 Å². The van der Waals surface area contributed by atoms with E-state index in [1.807, 2.05) is 24.3 Å². The summed E-state index contributed by atoms with van der Waals surface area (Å²) in [7, 11) is 1.59. The van der Waals surface area contributed by atoms with Gasteiger partial charge in [0, 0.05) is 12.5 Å². The Morgan fingerprint density at radius 2 is 1.81 bits per heavy atom. The number of benzene rings is 2. The summed E-state index contributed by atoms with van der Waals surface area (Å²) in [4.78, 5) is 0. The second kappa shape index (κ2) is 6.89. The summed E-state index contributed by atoms with van der Waals surface area (Å²) in [6, 6.07) is 11.5. The molecule has 2 rings (SSSR count). The summed E-state index contributed by atoms with van der Waals surface area (Å²) >= 11 is 5.76. The first kappa shape index (κ1) is 15.8. The molecule has 5 heteroatoms. The Morgan fingerprint density at radius 1 is 1.19 bits per heavy atom. The molecule has 2 aromatic carbocycles. The van der Waals surface area contributed by atoms with E-state index in [2.05, 4.69) is 0 Å². The van der Waals surface area contributed by atoms with Gasteiger partial charge in [-0.3, -0.25) is 0 Å². The number of methoxy groups -OCH3 is 1. The molecule has 0 aliphatic rings. The topological polar surface area (TPSA) is 55.5 Å². The van der Waals surface area contributed by atoms with Crippen LogP contribution in [-0.4, -0.2) is 18.8 Å². The van der Waals surface area contributed by atoms with Crippen LogP contribution in [0.1, 0.15) is 23.1 Å². The molecule has 21 heavy (non-hydrogen) atoms. The Hall–Kier alpha value is -1.62. The normalized spacial score (nSPS) is 13.8. The predicted octanol–water partition coefficient (Wildman–Crippen LogP) is 3.26. The molecule has 0 aliphatic carbocycles. The van der Waals surface area contributed by atoms with Crippen molar-refractivity contribution < 1.29 is 14.2 Å². The number of aliphatic hydroxyl groups excluding tert-OH is 1. The molecule has 0 amide bonds. The minimum atomic E-state index is -0.860. The molecule has 0 heterocycles. The molecule has 0 spiro atoms. The molecule has 0 aromatic heterocycles. The van der Waals surface area contributed by atoms with Crippen LogP contribution in [0.2, 0.25) is 5.02 Å². The SMILES string of the molecule is COc1ccc(C(CN)C(O)c2ccc(F)c(Cl)c2)cc1. The smallest absolute Gasteiger partial charge is 0.141 e. The largest absolute Gasteiger partial charge is 0.497 e. The second-order valence-electron chi connectivity index (χ2n) is 4.73. The number of hydrogen-bond acceptors (Lipinski definition) is 3. The van der Waals surface area contributed by atoms with Crippen LogP contribution in [-0.2, 0) is 0 Å². The van der Waals surface area contributed by atoms with Crippen molar-refractivity contribution in [3.05, 3.63) is 64.4 Å². The predicted molar refractivity (Wildman–Crippen MR) is 81.2 cm³/mol. The van der Waals surface area contributed by atoms with Gasteiger partial charge in [-0.1, -0.05) is 29.8 Å². The van der Waals surface area contributed by atoms with Gasteiger partial charge in [0.25, 0.3) is 0 Å². The summed E-state index contributed by atoms with van der Waals surface area (Å²) in [5.74, 6) is -0.0902. The van der Waals surface area contributed by atoms with E-state index in [0.717, 1.165) is 11.3 Å². The minimum absolute atomic E-state index is 0.0166. The molecule has 2 atom stereocenters. The lowest BCUT2D eigenvalue weighted by atomic mass is 9.89. The number of rotatable bonds is 5. The first-order chi connectivity index (χ1) is 10.1. The molecule has 112 valence electrons. The number of halogens is 2. The maximum atomic E-state index is 13.2. The Balaban J connectivity index is 2.28. The monoisotopic (exact) mass is 309 g/mol. The van der Waals surface area contributed by atoms with Crippen molar-refractivity contribution in [2.45, 2.75) is 12.0 Å². The van der Waals surface area contributed by atoms with Gasteiger partial charge in [-0.15, -0.1) is 0 Å². The van der Waals surface area contributed by atoms with E-state index < -0.39 is 11.9 Å². The molecule has 0 saturated carbocycles. The van der Waals surface area contributed by atoms with Gasteiger partial charge in [0.2, 0.25) is 0 Å². The van der Waals surface area contributed by atoms with E-state index in [1.165, 1.54) is 18.2 Å². The summed E-state index contributed by atoms with van der Waals surface area (Å²) < 4.78 is 18.3. The summed E-state index contributed by atoms with van der Waals surface area (Å²) in [6.07, 6.45) is -0.860. The van der Waals surface area contributed by atoms with Crippen LogP contribution < -0.4 is 10.5 Å². The zero-order valence-electron chi connectivity index (χ0n) is 11.6. The lowest BCUT2D eigenvalue weighted by Crippen LogP contribution is -2.20. The molecule has 0 aliphatic heterocycles. The third-order valence-electron chi connectivity index (χ3n) is 3.46. The average Bonchev–Trinajstić information content (AvgIpc) is 2.51. The number of aliphatic hydroxyl groups is 1. The summed E-state index contributed by atoms with van der Waals surface area (Å²) in [6.45, 7) is 0.252. The van der Waals surface area contributed by atoms with Gasteiger partial charge in [0.05, 0.1) is 18.2 Å². The second-order valence-corrected chi connectivity index (χ2v) is 5.14. The van der Waals surface area contributed by atoms with E-state index in [9.17, 15) is 9.50 Å². The van der Waals surface area contributed by atoms with E-state index in [1.54, 1.807) is 7.11 Å². The standard InChI is InChI=1S/C16H17ClFNO2/c1-21-12-5-2-10(3-6-12)13(9-19)16(20)11-4-7-15(18)14(17)8-11/h2-8,13,16,20H,9,19H2,1H3. The molecule has 2 aromatic rings. The van der Waals surface area contributed by atoms with Crippen molar-refractivity contribution in [1.82, 2.24) is 0 Å². The van der Waals surface area contributed by atoms with Crippen LogP contribution in [0, 0.1) is 5.82 Å². The molecule has 0 radical (unpaired) electrons. The highest BCUT2D eigenvalue weighted by Crippen LogP contribution is 2.32. The molecule has 3 nitrogen and oxygen atoms in total. The van der Waals surface area contributed by atoms with Crippen molar-refractivity contribution in [3.63, 3.8) is 0 Å². The Bertz CT molecular complexity index is 604. The van der Waals surface area contributed by atoms with E-state index >= 15 is 0 Å². The molecule has 0 saturated heterocycles. The molecule has 2 unspecified atom stereocenters. The Morgan fingerprint density at radius 3 is 2.33 bits per heavy atom. The lowest BCUT2D eigenvalue weighted by molar-refractivity contribution is 0.147. The van der Waals surface area contributed by atoms with Crippen LogP contribution in [0.3, 0.4) is 0 Å². The third-order valence-corrected chi connectivity index (χ3v) is 3.75. The Labute approximate surface area is 128 Å². The molecule has 3 N–H and O–H groups in total. The van der Waals surface area contributed by atoms with Gasteiger partial charge in [0.15, 0.2) is 0 Å². The van der Waals surface area contributed by atoms with Crippen molar-refractivity contribution in [3.8, 4) is 5.75 Å². The quantitative estimate of drug-likeness (QED) is 0.891. The third kappa shape index (κ3) is 3.53. The Kier molecular flexibility index (Phi) is 5.17. The van der Waals surface area contributed by atoms with Crippen molar-refractivity contribution in [2.75, 3.05) is 13.7 Å². The van der Waals surface area contributed by atoms with Crippen LogP contribution >= 0.6 is 11.6 Å². The fraction of sp³-hybridized carbons (Fsp3) is 0.250. The van der Waals surface area contributed by atoms with E-state index in [4.69, 9.17) is 22.1 Å². The van der Waals surface area contributed by atoms with Crippen molar-refractivity contribution >= 4 is 11.6 Å². The highest BCUT2D eigenvalue weighted by molar-refractivity contribution is 6.30. The zero-order valence-corrected chi connectivity index (χ0v) is 12.3. The highest BCUT2D eigenvalue weighted by Gasteiger charge is 2.22. The molecule has 0 fully saturated rings. The van der Waals surface area contributed by atoms with Gasteiger partial charge in [-0.05, 0) is 35.4 Å². The number of nitrogens with two attached hydrogens (primary N) is 1. The summed E-state index contributed by atoms with van der Waals surface area (Å²) in [5, 5.41) is 10.5. The maximum Gasteiger partial charge on any atom is 0.141 e. The van der Waals surface area contributed by atoms with Gasteiger partial charge >= 0.3 is 0 Å². The fourth-order valence-corrected chi connectivity index (χ4v) is 2.42. The van der Waals surface area contributed by atoms with Gasteiger partial charge in [-0.2, -0.15) is 0 Å². The first-order valence-corrected chi connectivity index (χ1v) is 6.91. The first-order valence-electron chi connectivity index (χ1n) is 6.54. The van der Waals surface area contributed by atoms with Gasteiger partial charge < -0.3 is 15.6 Å². The molecular formula is C16H17ClFNO2. The van der Waals surface area contributed by atoms with E-state index in [-0.39, 0.29) is 17.5 Å². The van der Waals surface area contributed by atoms with Crippen LogP contribution in [0.5, 0.6) is 5.75 Å². The van der Waals surface area contributed by atoms with Crippen LogP contribution in [0.4, 0.5) is 4.39 Å². The van der Waals surface area contributed by atoms with E-state index in [0.29, 0.717) is 5.56 Å². The van der Waals surface area contributed by atoms with Crippen LogP contribution in [0.25, 0.3) is 0 Å². The van der Waals surface area contributed by atoms with Gasteiger partial charge in [-0.25, -0.2) is 4.39 Å². The highest BCUT2D eigenvalue weighted by atomic mass is 35.5. The summed E-state index contributed by atoms with van der Waals surface area (Å²) in [5.41, 5.74) is 7.20. The van der Waals surface area contributed by atoms with Crippen LogP contribution in [0.15, 0.2) is 42.5 Å². The number of hydrogen-bond donors (Lipinski definition) is 2. The van der Waals surface area contributed by atoms with Gasteiger partial charge in [0.1, 0.15) is 11.6 Å². The molecule has 0 bridgehead atoms. The number of ether oxygens (including phenoxy) is 1. The maximum absolute atomic E-state index is 13.2.